The third kappa shape index (κ3) is 3.51. The molecule has 0 heterocycles. The van der Waals surface area contributed by atoms with Gasteiger partial charge in [0.1, 0.15) is 4.90 Å². The normalized spacial score (nSPS) is 13.4. The summed E-state index contributed by atoms with van der Waals surface area (Å²) in [6, 6.07) is 2.24. The predicted molar refractivity (Wildman–Crippen MR) is 82.7 cm³/mol. The lowest BCUT2D eigenvalue weighted by atomic mass is 10.2. The minimum Gasteiger partial charge on any atom is -0.478 e. The summed E-state index contributed by atoms with van der Waals surface area (Å²) in [6.45, 7) is 5.63. The molecule has 0 aromatic heterocycles. The van der Waals surface area contributed by atoms with Gasteiger partial charge in [0.15, 0.2) is 0 Å². The van der Waals surface area contributed by atoms with E-state index in [-0.39, 0.29) is 27.5 Å². The molecule has 0 aliphatic carbocycles. The van der Waals surface area contributed by atoms with Crippen LogP contribution in [0.25, 0.3) is 0 Å². The molecule has 5 nitrogen and oxygen atoms in total. The lowest BCUT2D eigenvalue weighted by molar-refractivity contribution is 0.0697. The Bertz CT molecular complexity index is 646. The molecule has 0 amide bonds. The number of carboxylic acids is 1. The molecule has 0 bridgehead atoms. The second-order valence-electron chi connectivity index (χ2n) is 4.51. The molecule has 0 saturated carbocycles. The maximum Gasteiger partial charge on any atom is 0.338 e. The molecular weight excluding hydrogens is 337 g/mol. The van der Waals surface area contributed by atoms with Gasteiger partial charge in [-0.1, -0.05) is 37.0 Å². The number of carbonyl (C=O) groups is 1. The Morgan fingerprint density at radius 2 is 1.90 bits per heavy atom. The zero-order valence-corrected chi connectivity index (χ0v) is 14.3. The van der Waals surface area contributed by atoms with Crippen LogP contribution in [-0.4, -0.2) is 36.4 Å². The van der Waals surface area contributed by atoms with Gasteiger partial charge in [-0.05, 0) is 25.5 Å². The highest BCUT2D eigenvalue weighted by Gasteiger charge is 2.31. The molecule has 0 aliphatic rings. The van der Waals surface area contributed by atoms with Crippen LogP contribution in [0.5, 0.6) is 0 Å². The summed E-state index contributed by atoms with van der Waals surface area (Å²) in [7, 11) is -3.89. The van der Waals surface area contributed by atoms with Crippen LogP contribution in [0.3, 0.4) is 0 Å². The van der Waals surface area contributed by atoms with Crippen LogP contribution in [0, 0.1) is 0 Å². The maximum absolute atomic E-state index is 12.7. The molecule has 1 aromatic carbocycles. The average molecular weight is 354 g/mol. The number of benzene rings is 1. The van der Waals surface area contributed by atoms with Crippen molar-refractivity contribution in [2.45, 2.75) is 38.1 Å². The second-order valence-corrected chi connectivity index (χ2v) is 7.15. The molecule has 1 N–H and O–H groups in total. The summed E-state index contributed by atoms with van der Waals surface area (Å²) < 4.78 is 26.6. The second kappa shape index (κ2) is 6.96. The lowest BCUT2D eigenvalue weighted by Gasteiger charge is -2.27. The molecule has 1 rings (SSSR count). The number of halogens is 2. The van der Waals surface area contributed by atoms with Gasteiger partial charge < -0.3 is 5.11 Å². The van der Waals surface area contributed by atoms with Gasteiger partial charge in [0.2, 0.25) is 10.0 Å². The van der Waals surface area contributed by atoms with Crippen molar-refractivity contribution in [2.75, 3.05) is 6.54 Å². The van der Waals surface area contributed by atoms with Crippen molar-refractivity contribution in [3.8, 4) is 0 Å². The van der Waals surface area contributed by atoms with Crippen molar-refractivity contribution in [1.82, 2.24) is 4.31 Å². The van der Waals surface area contributed by atoms with Gasteiger partial charge in [-0.25, -0.2) is 13.2 Å². The van der Waals surface area contributed by atoms with Gasteiger partial charge in [0.25, 0.3) is 0 Å². The SMILES string of the molecule is CCC(C)N(CC)S(=O)(=O)c1ccc(Cl)c(C(=O)O)c1Cl. The van der Waals surface area contributed by atoms with Crippen molar-refractivity contribution >= 4 is 39.2 Å². The summed E-state index contributed by atoms with van der Waals surface area (Å²) in [5, 5.41) is 8.65. The quantitative estimate of drug-likeness (QED) is 0.848. The predicted octanol–water partition coefficient (Wildman–Crippen LogP) is 3.50. The number of rotatable bonds is 6. The first-order valence-corrected chi connectivity index (χ1v) is 8.61. The van der Waals surface area contributed by atoms with Crippen LogP contribution < -0.4 is 0 Å². The van der Waals surface area contributed by atoms with Crippen LogP contribution in [0.4, 0.5) is 0 Å². The Kier molecular flexibility index (Phi) is 6.04. The van der Waals surface area contributed by atoms with Crippen molar-refractivity contribution < 1.29 is 18.3 Å². The molecule has 21 heavy (non-hydrogen) atoms. The first-order chi connectivity index (χ1) is 9.68. The molecule has 1 unspecified atom stereocenters. The monoisotopic (exact) mass is 353 g/mol. The fourth-order valence-electron chi connectivity index (χ4n) is 1.98. The minimum absolute atomic E-state index is 0.0990. The number of hydrogen-bond donors (Lipinski definition) is 1. The Balaban J connectivity index is 3.52. The molecule has 0 radical (unpaired) electrons. The van der Waals surface area contributed by atoms with Gasteiger partial charge in [0.05, 0.1) is 15.6 Å². The van der Waals surface area contributed by atoms with Gasteiger partial charge in [-0.2, -0.15) is 4.31 Å². The number of carboxylic acid groups (broad SMARTS) is 1. The fraction of sp³-hybridized carbons (Fsp3) is 0.462. The van der Waals surface area contributed by atoms with Crippen molar-refractivity contribution in [1.29, 1.82) is 0 Å². The minimum atomic E-state index is -3.89. The van der Waals surface area contributed by atoms with Gasteiger partial charge in [0, 0.05) is 12.6 Å². The summed E-state index contributed by atoms with van der Waals surface area (Å²) in [5.74, 6) is -1.37. The third-order valence-corrected chi connectivity index (χ3v) is 6.20. The van der Waals surface area contributed by atoms with Crippen LogP contribution in [0.2, 0.25) is 10.0 Å². The van der Waals surface area contributed by atoms with E-state index in [9.17, 15) is 13.2 Å². The molecule has 0 spiro atoms. The van der Waals surface area contributed by atoms with E-state index < -0.39 is 21.6 Å². The van der Waals surface area contributed by atoms with E-state index in [0.717, 1.165) is 0 Å². The van der Waals surface area contributed by atoms with Gasteiger partial charge >= 0.3 is 5.97 Å². The van der Waals surface area contributed by atoms with Crippen molar-refractivity contribution in [2.24, 2.45) is 0 Å². The number of sulfonamides is 1. The van der Waals surface area contributed by atoms with E-state index in [2.05, 4.69) is 0 Å². The highest BCUT2D eigenvalue weighted by atomic mass is 35.5. The van der Waals surface area contributed by atoms with Gasteiger partial charge in [-0.15, -0.1) is 0 Å². The van der Waals surface area contributed by atoms with Crippen molar-refractivity contribution in [3.05, 3.63) is 27.7 Å². The molecule has 0 fully saturated rings. The van der Waals surface area contributed by atoms with E-state index in [1.165, 1.54) is 16.4 Å². The lowest BCUT2D eigenvalue weighted by Crippen LogP contribution is -2.38. The maximum atomic E-state index is 12.7. The van der Waals surface area contributed by atoms with Crippen LogP contribution >= 0.6 is 23.2 Å². The highest BCUT2D eigenvalue weighted by Crippen LogP contribution is 2.33. The Labute approximate surface area is 134 Å². The molecule has 1 aromatic rings. The standard InChI is InChI=1S/C13H17Cl2NO4S/c1-4-8(3)16(5-2)21(19,20)10-7-6-9(14)11(12(10)15)13(17)18/h6-8H,4-5H2,1-3H3,(H,17,18). The first-order valence-electron chi connectivity index (χ1n) is 6.41. The molecule has 0 aliphatic heterocycles. The molecule has 8 heteroatoms. The van der Waals surface area contributed by atoms with Crippen LogP contribution in [0.15, 0.2) is 17.0 Å². The summed E-state index contributed by atoms with van der Waals surface area (Å²) >= 11 is 11.7. The first kappa shape index (κ1) is 18.2. The van der Waals surface area contributed by atoms with Crippen LogP contribution in [-0.2, 0) is 10.0 Å². The van der Waals surface area contributed by atoms with E-state index in [1.807, 2.05) is 6.92 Å². The van der Waals surface area contributed by atoms with E-state index in [1.54, 1.807) is 13.8 Å². The molecule has 0 saturated heterocycles. The van der Waals surface area contributed by atoms with E-state index in [0.29, 0.717) is 6.42 Å². The zero-order valence-electron chi connectivity index (χ0n) is 11.9. The molecule has 118 valence electrons. The number of aromatic carboxylic acids is 1. The topological polar surface area (TPSA) is 74.7 Å². The van der Waals surface area contributed by atoms with Crippen LogP contribution in [0.1, 0.15) is 37.6 Å². The largest absolute Gasteiger partial charge is 0.478 e. The van der Waals surface area contributed by atoms with E-state index in [4.69, 9.17) is 28.3 Å². The number of hydrogen-bond acceptors (Lipinski definition) is 3. The Morgan fingerprint density at radius 3 is 2.33 bits per heavy atom. The summed E-state index contributed by atoms with van der Waals surface area (Å²) in [5.41, 5.74) is -0.403. The van der Waals surface area contributed by atoms with Gasteiger partial charge in [-0.3, -0.25) is 0 Å². The fourth-order valence-corrected chi connectivity index (χ4v) is 4.59. The number of nitrogens with zero attached hydrogens (tertiary/aromatic N) is 1. The molecule has 1 atom stereocenters. The third-order valence-electron chi connectivity index (χ3n) is 3.25. The summed E-state index contributed by atoms with van der Waals surface area (Å²) in [6.07, 6.45) is 0.629. The zero-order chi connectivity index (χ0) is 16.4. The molecular formula is C13H17Cl2NO4S. The highest BCUT2D eigenvalue weighted by molar-refractivity contribution is 7.89. The Hall–Kier alpha value is -0.820. The van der Waals surface area contributed by atoms with E-state index >= 15 is 0 Å². The smallest absolute Gasteiger partial charge is 0.338 e. The average Bonchev–Trinajstić information content (AvgIpc) is 2.38. The Morgan fingerprint density at radius 1 is 1.33 bits per heavy atom. The van der Waals surface area contributed by atoms with Crippen molar-refractivity contribution in [3.63, 3.8) is 0 Å². The summed E-state index contributed by atoms with van der Waals surface area (Å²) in [4.78, 5) is 10.9.